The predicted octanol–water partition coefficient (Wildman–Crippen LogP) is 0.0855. The predicted molar refractivity (Wildman–Crippen MR) is 85.3 cm³/mol. The van der Waals surface area contributed by atoms with Crippen LogP contribution in [0.1, 0.15) is 28.8 Å². The van der Waals surface area contributed by atoms with Crippen molar-refractivity contribution in [2.45, 2.75) is 24.9 Å². The lowest BCUT2D eigenvalue weighted by Gasteiger charge is -2.12. The first-order chi connectivity index (χ1) is 10.4. The van der Waals surface area contributed by atoms with Crippen molar-refractivity contribution < 1.29 is 9.59 Å². The third-order valence-electron chi connectivity index (χ3n) is 3.73. The molecule has 1 aromatic rings. The summed E-state index contributed by atoms with van der Waals surface area (Å²) in [6.45, 7) is 1.78. The second-order valence-corrected chi connectivity index (χ2v) is 6.10. The highest BCUT2D eigenvalue weighted by molar-refractivity contribution is 5.94. The minimum absolute atomic E-state index is 0.104. The number of nitrogens with one attached hydrogen (secondary N) is 2. The van der Waals surface area contributed by atoms with Gasteiger partial charge in [-0.15, -0.1) is 0 Å². The highest BCUT2D eigenvalue weighted by Gasteiger charge is 2.45. The van der Waals surface area contributed by atoms with E-state index in [1.54, 1.807) is 12.1 Å². The van der Waals surface area contributed by atoms with Crippen LogP contribution in [-0.4, -0.2) is 49.4 Å². The van der Waals surface area contributed by atoms with Gasteiger partial charge in [-0.1, -0.05) is 12.1 Å². The molecule has 6 nitrogen and oxygen atoms in total. The van der Waals surface area contributed by atoms with Gasteiger partial charge in [0, 0.05) is 25.2 Å². The third kappa shape index (κ3) is 4.54. The van der Waals surface area contributed by atoms with Crippen LogP contribution in [0.25, 0.3) is 0 Å². The summed E-state index contributed by atoms with van der Waals surface area (Å²) >= 11 is 0. The number of rotatable bonds is 7. The summed E-state index contributed by atoms with van der Waals surface area (Å²) < 4.78 is 0. The molecule has 0 aliphatic heterocycles. The molecule has 4 N–H and O–H groups in total. The molecule has 22 heavy (non-hydrogen) atoms. The van der Waals surface area contributed by atoms with Crippen LogP contribution in [0, 0.1) is 0 Å². The number of carbonyl (C=O) groups is 2. The van der Waals surface area contributed by atoms with Crippen molar-refractivity contribution in [2.24, 2.45) is 5.73 Å². The molecule has 2 amide bonds. The van der Waals surface area contributed by atoms with Crippen LogP contribution in [0.5, 0.6) is 0 Å². The molecule has 1 saturated carbocycles. The van der Waals surface area contributed by atoms with Gasteiger partial charge in [-0.25, -0.2) is 0 Å². The van der Waals surface area contributed by atoms with Gasteiger partial charge in [-0.2, -0.15) is 0 Å². The van der Waals surface area contributed by atoms with E-state index in [-0.39, 0.29) is 11.8 Å². The lowest BCUT2D eigenvalue weighted by Crippen LogP contribution is -2.42. The van der Waals surface area contributed by atoms with E-state index in [0.717, 1.165) is 24.9 Å². The second-order valence-electron chi connectivity index (χ2n) is 6.10. The lowest BCUT2D eigenvalue weighted by atomic mass is 10.1. The Kier molecular flexibility index (Phi) is 5.15. The average Bonchev–Trinajstić information content (AvgIpc) is 3.23. The van der Waals surface area contributed by atoms with Crippen molar-refractivity contribution in [1.82, 2.24) is 15.5 Å². The Bertz CT molecular complexity index is 553. The fourth-order valence-electron chi connectivity index (χ4n) is 2.04. The Balaban J connectivity index is 1.86. The molecule has 1 aliphatic rings. The van der Waals surface area contributed by atoms with Crippen LogP contribution >= 0.6 is 0 Å². The summed E-state index contributed by atoms with van der Waals surface area (Å²) in [5.74, 6) is -0.221. The van der Waals surface area contributed by atoms with Crippen LogP contribution in [0.3, 0.4) is 0 Å². The van der Waals surface area contributed by atoms with Gasteiger partial charge in [-0.3, -0.25) is 9.59 Å². The van der Waals surface area contributed by atoms with Gasteiger partial charge in [0.25, 0.3) is 5.91 Å². The van der Waals surface area contributed by atoms with Gasteiger partial charge in [0.05, 0.1) is 5.54 Å². The lowest BCUT2D eigenvalue weighted by molar-refractivity contribution is -0.123. The Morgan fingerprint density at radius 3 is 2.64 bits per heavy atom. The van der Waals surface area contributed by atoms with Crippen LogP contribution in [-0.2, 0) is 11.3 Å². The average molecular weight is 304 g/mol. The van der Waals surface area contributed by atoms with Gasteiger partial charge in [0.2, 0.25) is 5.91 Å². The van der Waals surface area contributed by atoms with Gasteiger partial charge >= 0.3 is 0 Å². The van der Waals surface area contributed by atoms with E-state index in [0.29, 0.717) is 18.7 Å². The maximum Gasteiger partial charge on any atom is 0.251 e. The molecular formula is C16H24N4O2. The Labute approximate surface area is 131 Å². The first-order valence-electron chi connectivity index (χ1n) is 7.50. The molecule has 0 atom stereocenters. The maximum absolute atomic E-state index is 12.0. The van der Waals surface area contributed by atoms with Crippen LogP contribution in [0.2, 0.25) is 0 Å². The quantitative estimate of drug-likeness (QED) is 0.666. The summed E-state index contributed by atoms with van der Waals surface area (Å²) in [4.78, 5) is 25.9. The smallest absolute Gasteiger partial charge is 0.251 e. The SMILES string of the molecule is CN(C)CCNC(=O)c1cccc(CNC(=O)C2(N)CC2)c1. The summed E-state index contributed by atoms with van der Waals surface area (Å²) in [7, 11) is 3.92. The van der Waals surface area contributed by atoms with Crippen LogP contribution < -0.4 is 16.4 Å². The Morgan fingerprint density at radius 2 is 2.00 bits per heavy atom. The Morgan fingerprint density at radius 1 is 1.27 bits per heavy atom. The topological polar surface area (TPSA) is 87.5 Å². The number of benzene rings is 1. The molecule has 2 rings (SSSR count). The van der Waals surface area contributed by atoms with Crippen molar-refractivity contribution in [2.75, 3.05) is 27.2 Å². The van der Waals surface area contributed by atoms with Crippen LogP contribution in [0.15, 0.2) is 24.3 Å². The van der Waals surface area contributed by atoms with Crippen molar-refractivity contribution >= 4 is 11.8 Å². The molecule has 120 valence electrons. The van der Waals surface area contributed by atoms with Crippen molar-refractivity contribution in [1.29, 1.82) is 0 Å². The monoisotopic (exact) mass is 304 g/mol. The number of hydrogen-bond acceptors (Lipinski definition) is 4. The standard InChI is InChI=1S/C16H24N4O2/c1-20(2)9-8-18-14(21)13-5-3-4-12(10-13)11-19-15(22)16(17)6-7-16/h3-5,10H,6-9,11,17H2,1-2H3,(H,18,21)(H,19,22). The molecule has 1 aromatic carbocycles. The summed E-state index contributed by atoms with van der Waals surface area (Å²) in [5, 5.41) is 5.69. The van der Waals surface area contributed by atoms with Crippen molar-refractivity contribution in [3.05, 3.63) is 35.4 Å². The molecule has 0 spiro atoms. The number of nitrogens with zero attached hydrogens (tertiary/aromatic N) is 1. The second kappa shape index (κ2) is 6.89. The highest BCUT2D eigenvalue weighted by atomic mass is 16.2. The molecule has 1 fully saturated rings. The first-order valence-corrected chi connectivity index (χ1v) is 7.50. The normalized spacial score (nSPS) is 15.5. The summed E-state index contributed by atoms with van der Waals surface area (Å²) in [6.07, 6.45) is 1.49. The molecule has 0 saturated heterocycles. The zero-order valence-corrected chi connectivity index (χ0v) is 13.2. The minimum Gasteiger partial charge on any atom is -0.351 e. The first kappa shape index (κ1) is 16.5. The molecule has 0 unspecified atom stereocenters. The summed E-state index contributed by atoms with van der Waals surface area (Å²) in [6, 6.07) is 7.26. The van der Waals surface area contributed by atoms with Crippen molar-refractivity contribution in [3.63, 3.8) is 0 Å². The number of likely N-dealkylation sites (N-methyl/N-ethyl adjacent to an activating group) is 1. The van der Waals surface area contributed by atoms with Gasteiger partial charge in [0.1, 0.15) is 0 Å². The van der Waals surface area contributed by atoms with E-state index in [1.165, 1.54) is 0 Å². The molecule has 0 aromatic heterocycles. The summed E-state index contributed by atoms with van der Waals surface area (Å²) in [5.41, 5.74) is 6.65. The molecule has 1 aliphatic carbocycles. The van der Waals surface area contributed by atoms with E-state index in [4.69, 9.17) is 5.73 Å². The van der Waals surface area contributed by atoms with Crippen molar-refractivity contribution in [3.8, 4) is 0 Å². The molecular weight excluding hydrogens is 280 g/mol. The molecule has 6 heteroatoms. The molecule has 0 bridgehead atoms. The molecule has 0 heterocycles. The number of carbonyl (C=O) groups excluding carboxylic acids is 2. The van der Waals surface area contributed by atoms with Gasteiger partial charge in [-0.05, 0) is 44.6 Å². The zero-order valence-electron chi connectivity index (χ0n) is 13.2. The largest absolute Gasteiger partial charge is 0.351 e. The number of amides is 2. The van der Waals surface area contributed by atoms with Crippen LogP contribution in [0.4, 0.5) is 0 Å². The number of nitrogens with two attached hydrogens (primary N) is 1. The molecule has 0 radical (unpaired) electrons. The number of hydrogen-bond donors (Lipinski definition) is 3. The Hall–Kier alpha value is -1.92. The zero-order chi connectivity index (χ0) is 16.2. The third-order valence-corrected chi connectivity index (χ3v) is 3.73. The van der Waals surface area contributed by atoms with E-state index in [1.807, 2.05) is 31.1 Å². The van der Waals surface area contributed by atoms with Gasteiger partial charge < -0.3 is 21.3 Å². The van der Waals surface area contributed by atoms with E-state index in [2.05, 4.69) is 10.6 Å². The van der Waals surface area contributed by atoms with E-state index in [9.17, 15) is 9.59 Å². The highest BCUT2D eigenvalue weighted by Crippen LogP contribution is 2.32. The van der Waals surface area contributed by atoms with Gasteiger partial charge in [0.15, 0.2) is 0 Å². The fourth-order valence-corrected chi connectivity index (χ4v) is 2.04. The minimum atomic E-state index is -0.666. The fraction of sp³-hybridized carbons (Fsp3) is 0.500. The maximum atomic E-state index is 12.0. The van der Waals surface area contributed by atoms with E-state index >= 15 is 0 Å². The van der Waals surface area contributed by atoms with E-state index < -0.39 is 5.54 Å².